The second kappa shape index (κ2) is 7.83. The summed E-state index contributed by atoms with van der Waals surface area (Å²) >= 11 is 0. The molecule has 0 fully saturated rings. The molecule has 1 rings (SSSR count). The summed E-state index contributed by atoms with van der Waals surface area (Å²) in [6, 6.07) is 4.80. The fraction of sp³-hybridized carbons (Fsp3) is 0.500. The van der Waals surface area contributed by atoms with Gasteiger partial charge < -0.3 is 17.7 Å². The minimum absolute atomic E-state index is 0. The van der Waals surface area contributed by atoms with Gasteiger partial charge in [-0.3, -0.25) is 0 Å². The summed E-state index contributed by atoms with van der Waals surface area (Å²) < 4.78 is 66.0. The van der Waals surface area contributed by atoms with Gasteiger partial charge in [0, 0.05) is 0 Å². The number of para-hydroxylation sites is 1. The summed E-state index contributed by atoms with van der Waals surface area (Å²) in [6.07, 6.45) is 0. The minimum atomic E-state index is -5.18. The summed E-state index contributed by atoms with van der Waals surface area (Å²) in [5, 5.41) is 0. The Hall–Kier alpha value is 0.461. The second-order valence-electron chi connectivity index (χ2n) is 5.39. The van der Waals surface area contributed by atoms with Crippen LogP contribution in [0.2, 0.25) is 0 Å². The monoisotopic (exact) mass is 348 g/mol. The normalized spacial score (nSPS) is 12.7. The van der Waals surface area contributed by atoms with Gasteiger partial charge in [0.15, 0.2) is 9.84 Å². The van der Waals surface area contributed by atoms with Crippen molar-refractivity contribution in [1.82, 2.24) is 0 Å². The van der Waals surface area contributed by atoms with Gasteiger partial charge in [-0.2, -0.15) is 0 Å². The third-order valence-corrected chi connectivity index (χ3v) is 5.38. The molecule has 0 spiro atoms. The molecule has 0 N–H and O–H groups in total. The standard InChI is InChI=1S/C12H17BF3O3S.K/c1-12(2,3)20(17,18)9-8-19-11-7-5-4-6-10(11)13(14,15)16;/h4-7H,8-9H2,1-3H3;/q-1;+1. The van der Waals surface area contributed by atoms with Crippen LogP contribution in [0.1, 0.15) is 20.8 Å². The molecule has 0 unspecified atom stereocenters. The van der Waals surface area contributed by atoms with E-state index < -0.39 is 27.0 Å². The minimum Gasteiger partial charge on any atom is -0.496 e. The SMILES string of the molecule is CC(C)(C)S(=O)(=O)CCOc1ccccc1[B-](F)(F)F.[K+]. The van der Waals surface area contributed by atoms with Crippen LogP contribution < -0.4 is 61.6 Å². The Kier molecular flexibility index (Phi) is 8.00. The molecule has 0 amide bonds. The van der Waals surface area contributed by atoms with Gasteiger partial charge in [0.25, 0.3) is 0 Å². The van der Waals surface area contributed by atoms with Crippen molar-refractivity contribution in [3.8, 4) is 5.75 Å². The van der Waals surface area contributed by atoms with Crippen LogP contribution in [0.5, 0.6) is 5.75 Å². The number of hydrogen-bond donors (Lipinski definition) is 0. The molecule has 0 atom stereocenters. The van der Waals surface area contributed by atoms with Crippen LogP contribution in [-0.4, -0.2) is 32.5 Å². The first kappa shape index (κ1) is 21.5. The zero-order valence-electron chi connectivity index (χ0n) is 12.6. The summed E-state index contributed by atoms with van der Waals surface area (Å²) in [6.45, 7) is -0.876. The van der Waals surface area contributed by atoms with Crippen LogP contribution in [0.15, 0.2) is 24.3 Å². The molecule has 0 saturated heterocycles. The van der Waals surface area contributed by atoms with E-state index in [-0.39, 0.29) is 69.5 Å². The van der Waals surface area contributed by atoms with Gasteiger partial charge in [0.1, 0.15) is 6.61 Å². The fourth-order valence-electron chi connectivity index (χ4n) is 1.45. The molecule has 9 heteroatoms. The van der Waals surface area contributed by atoms with Gasteiger partial charge in [0.05, 0.1) is 16.2 Å². The van der Waals surface area contributed by atoms with E-state index in [0.717, 1.165) is 6.07 Å². The van der Waals surface area contributed by atoms with Crippen LogP contribution >= 0.6 is 0 Å². The van der Waals surface area contributed by atoms with E-state index in [2.05, 4.69) is 0 Å². The van der Waals surface area contributed by atoms with Crippen LogP contribution in [0.4, 0.5) is 12.9 Å². The van der Waals surface area contributed by atoms with E-state index >= 15 is 0 Å². The van der Waals surface area contributed by atoms with Crippen molar-refractivity contribution < 1.29 is 77.5 Å². The maximum absolute atomic E-state index is 12.8. The third-order valence-electron chi connectivity index (χ3n) is 2.81. The predicted molar refractivity (Wildman–Crippen MR) is 74.2 cm³/mol. The summed E-state index contributed by atoms with van der Waals surface area (Å²) in [5.41, 5.74) is -0.847. The number of hydrogen-bond acceptors (Lipinski definition) is 3. The average Bonchev–Trinajstić information content (AvgIpc) is 2.26. The number of rotatable bonds is 5. The first-order chi connectivity index (χ1) is 8.95. The fourth-order valence-corrected chi connectivity index (χ4v) is 2.37. The van der Waals surface area contributed by atoms with Crippen molar-refractivity contribution >= 4 is 22.3 Å². The van der Waals surface area contributed by atoms with E-state index in [0.29, 0.717) is 0 Å². The summed E-state index contributed by atoms with van der Waals surface area (Å²) in [4.78, 5) is 0. The van der Waals surface area contributed by atoms with Gasteiger partial charge in [-0.1, -0.05) is 23.7 Å². The number of benzene rings is 1. The average molecular weight is 348 g/mol. The van der Waals surface area contributed by atoms with Crippen molar-refractivity contribution in [2.75, 3.05) is 12.4 Å². The molecule has 0 aliphatic carbocycles. The molecule has 114 valence electrons. The summed E-state index contributed by atoms with van der Waals surface area (Å²) in [5.74, 6) is -0.653. The summed E-state index contributed by atoms with van der Waals surface area (Å²) in [7, 11) is -3.42. The Morgan fingerprint density at radius 3 is 2.14 bits per heavy atom. The number of sulfone groups is 1. The van der Waals surface area contributed by atoms with Crippen LogP contribution in [0.25, 0.3) is 0 Å². The molecule has 0 heterocycles. The van der Waals surface area contributed by atoms with Crippen molar-refractivity contribution in [1.29, 1.82) is 0 Å². The zero-order chi connectivity index (χ0) is 15.6. The number of halogens is 3. The maximum Gasteiger partial charge on any atom is 1.00 e. The van der Waals surface area contributed by atoms with Crippen LogP contribution in [0, 0.1) is 0 Å². The zero-order valence-corrected chi connectivity index (χ0v) is 16.5. The first-order valence-electron chi connectivity index (χ1n) is 6.09. The molecule has 0 aliphatic rings. The third kappa shape index (κ3) is 6.23. The van der Waals surface area contributed by atoms with Crippen LogP contribution in [-0.2, 0) is 9.84 Å². The van der Waals surface area contributed by atoms with Crippen LogP contribution in [0.3, 0.4) is 0 Å². The Morgan fingerprint density at radius 1 is 1.14 bits per heavy atom. The number of ether oxygens (including phenoxy) is 1. The molecule has 3 nitrogen and oxygen atoms in total. The van der Waals surface area contributed by atoms with Gasteiger partial charge in [0.2, 0.25) is 0 Å². The van der Waals surface area contributed by atoms with Crippen molar-refractivity contribution in [3.05, 3.63) is 24.3 Å². The van der Waals surface area contributed by atoms with E-state index in [1.54, 1.807) is 0 Å². The Morgan fingerprint density at radius 2 is 1.67 bits per heavy atom. The van der Waals surface area contributed by atoms with Gasteiger partial charge in [-0.05, 0) is 26.8 Å². The molecule has 1 aromatic rings. The molecule has 0 saturated carbocycles. The molecule has 0 aromatic heterocycles. The largest absolute Gasteiger partial charge is 1.00 e. The van der Waals surface area contributed by atoms with Crippen molar-refractivity contribution in [2.45, 2.75) is 25.5 Å². The van der Waals surface area contributed by atoms with E-state index in [9.17, 15) is 21.4 Å². The van der Waals surface area contributed by atoms with Crippen molar-refractivity contribution in [2.24, 2.45) is 0 Å². The molecular weight excluding hydrogens is 331 g/mol. The second-order valence-corrected chi connectivity index (χ2v) is 8.25. The molecule has 0 radical (unpaired) electrons. The molecule has 1 aromatic carbocycles. The Balaban J connectivity index is 0.00000400. The van der Waals surface area contributed by atoms with Gasteiger partial charge in [-0.25, -0.2) is 8.42 Å². The van der Waals surface area contributed by atoms with Gasteiger partial charge >= 0.3 is 58.4 Å². The van der Waals surface area contributed by atoms with E-state index in [1.807, 2.05) is 0 Å². The maximum atomic E-state index is 12.8. The van der Waals surface area contributed by atoms with E-state index in [4.69, 9.17) is 4.74 Å². The Bertz CT molecular complexity index is 568. The predicted octanol–water partition coefficient (Wildman–Crippen LogP) is -0.663. The molecule has 0 bridgehead atoms. The van der Waals surface area contributed by atoms with Crippen molar-refractivity contribution in [3.63, 3.8) is 0 Å². The molecule has 0 aliphatic heterocycles. The smallest absolute Gasteiger partial charge is 0.496 e. The Labute approximate surface area is 166 Å². The topological polar surface area (TPSA) is 43.4 Å². The first-order valence-corrected chi connectivity index (χ1v) is 7.74. The molecule has 21 heavy (non-hydrogen) atoms. The quantitative estimate of drug-likeness (QED) is 0.664. The van der Waals surface area contributed by atoms with Gasteiger partial charge in [-0.15, -0.1) is 0 Å². The van der Waals surface area contributed by atoms with E-state index in [1.165, 1.54) is 39.0 Å². The molecular formula is C12H17BF3KO3S.